The highest BCUT2D eigenvalue weighted by Gasteiger charge is 2.40. The highest BCUT2D eigenvalue weighted by Crippen LogP contribution is 2.42. The van der Waals surface area contributed by atoms with Crippen LogP contribution in [0.25, 0.3) is 0 Å². The first-order valence-corrected chi connectivity index (χ1v) is 18.2. The Morgan fingerprint density at radius 1 is 1.02 bits per heavy atom. The average Bonchev–Trinajstić information content (AvgIpc) is 3.08. The molecule has 4 aliphatic rings. The van der Waals surface area contributed by atoms with E-state index < -0.39 is 33.7 Å². The summed E-state index contributed by atoms with van der Waals surface area (Å²) in [6.07, 6.45) is 4.99. The smallest absolute Gasteiger partial charge is 0.410 e. The van der Waals surface area contributed by atoms with Gasteiger partial charge in [0.05, 0.1) is 37.0 Å². The fourth-order valence-corrected chi connectivity index (χ4v) is 7.56. The number of morpholine rings is 1. The Balaban J connectivity index is 1.36. The Morgan fingerprint density at radius 3 is 2.60 bits per heavy atom. The molecule has 260 valence electrons. The molecule has 3 atom stereocenters. The molecule has 2 aromatic rings. The number of halogens is 1. The molecule has 6 rings (SSSR count). The maximum Gasteiger partial charge on any atom is 0.410 e. The molecule has 1 saturated carbocycles. The lowest BCUT2D eigenvalue weighted by Gasteiger charge is -2.44. The Labute approximate surface area is 286 Å². The van der Waals surface area contributed by atoms with E-state index >= 15 is 0 Å². The molecule has 1 saturated heterocycles. The average molecular weight is 704 g/mol. The standard InChI is InChI=1S/C34H42ClN3O9S/c1-34(2)32(39)36-48(41,42)26-9-11-30-28(20-26)38(12-4-15-44-31-19-25(35)8-6-24(31)22-45-30)21-23-7-10-27(23)29(5-3-16-46-34)47-33(40)37-13-17-43-18-14-37/h3,5-6,8-9,11,19-20,23,27,29H,4,7,10,12-18,21-22H2,1-2H3,(H,36,39)/b5-3+/t23-,27+,29-/m0/s1. The second kappa shape index (κ2) is 14.5. The summed E-state index contributed by atoms with van der Waals surface area (Å²) in [6.45, 7) is 6.52. The lowest BCUT2D eigenvalue weighted by molar-refractivity contribution is -0.139. The molecule has 2 aromatic carbocycles. The number of nitrogens with zero attached hydrogens (tertiary/aromatic N) is 2. The van der Waals surface area contributed by atoms with Crippen LogP contribution >= 0.6 is 11.6 Å². The van der Waals surface area contributed by atoms with E-state index in [1.54, 1.807) is 35.2 Å². The number of fused-ring (bicyclic) bond motifs is 3. The molecular weight excluding hydrogens is 662 g/mol. The number of nitrogens with one attached hydrogen (secondary N) is 1. The van der Waals surface area contributed by atoms with Crippen LogP contribution in [0, 0.1) is 11.8 Å². The molecule has 3 heterocycles. The molecule has 14 heteroatoms. The summed E-state index contributed by atoms with van der Waals surface area (Å²) in [5.41, 5.74) is -0.0969. The third-order valence-corrected chi connectivity index (χ3v) is 10.9. The lowest BCUT2D eigenvalue weighted by Crippen LogP contribution is -2.48. The van der Waals surface area contributed by atoms with Gasteiger partial charge in [-0.3, -0.25) is 4.79 Å². The maximum atomic E-state index is 13.6. The molecular formula is C34H42ClN3O9S. The number of sulfonamides is 1. The van der Waals surface area contributed by atoms with Gasteiger partial charge in [-0.15, -0.1) is 0 Å². The summed E-state index contributed by atoms with van der Waals surface area (Å²) in [7, 11) is -4.26. The third-order valence-electron chi connectivity index (χ3n) is 9.32. The second-order valence-corrected chi connectivity index (χ2v) is 15.1. The quantitative estimate of drug-likeness (QED) is 0.422. The summed E-state index contributed by atoms with van der Waals surface area (Å²) in [4.78, 5) is 30.1. The van der Waals surface area contributed by atoms with Gasteiger partial charge in [0.1, 0.15) is 29.8 Å². The van der Waals surface area contributed by atoms with Crippen molar-refractivity contribution in [1.29, 1.82) is 0 Å². The minimum absolute atomic E-state index is 0.00701. The topological polar surface area (TPSA) is 133 Å². The van der Waals surface area contributed by atoms with Crippen molar-refractivity contribution in [1.82, 2.24) is 9.62 Å². The SMILES string of the molecule is CC1(C)OC/C=C/[C@H](OC(=O)N2CCOCC2)[C@@H]2CC[C@H]2CN2CCCOc3cc(Cl)ccc3COc3ccc(cc32)S(=O)(=O)NC1=O. The Kier molecular flexibility index (Phi) is 10.4. The van der Waals surface area contributed by atoms with Gasteiger partial charge in [-0.1, -0.05) is 23.7 Å². The van der Waals surface area contributed by atoms with E-state index in [4.69, 9.17) is 35.3 Å². The minimum Gasteiger partial charge on any atom is -0.493 e. The number of rotatable bonds is 1. The van der Waals surface area contributed by atoms with Gasteiger partial charge in [-0.05, 0) is 75.4 Å². The zero-order chi connectivity index (χ0) is 33.9. The van der Waals surface area contributed by atoms with E-state index in [9.17, 15) is 18.0 Å². The highest BCUT2D eigenvalue weighted by molar-refractivity contribution is 7.90. The van der Waals surface area contributed by atoms with Gasteiger partial charge < -0.3 is 33.5 Å². The molecule has 0 spiro atoms. The van der Waals surface area contributed by atoms with Crippen molar-refractivity contribution in [3.05, 3.63) is 59.1 Å². The molecule has 1 N–H and O–H groups in total. The van der Waals surface area contributed by atoms with Crippen LogP contribution < -0.4 is 19.1 Å². The molecule has 2 bridgehead atoms. The molecule has 2 fully saturated rings. The zero-order valence-electron chi connectivity index (χ0n) is 27.2. The van der Waals surface area contributed by atoms with Crippen molar-refractivity contribution < 1.29 is 41.7 Å². The van der Waals surface area contributed by atoms with E-state index in [0.717, 1.165) is 18.4 Å². The molecule has 2 amide bonds. The number of hydrogen-bond acceptors (Lipinski definition) is 10. The molecule has 0 radical (unpaired) electrons. The molecule has 48 heavy (non-hydrogen) atoms. The van der Waals surface area contributed by atoms with Crippen LogP contribution in [-0.2, 0) is 35.6 Å². The number of ether oxygens (including phenoxy) is 5. The van der Waals surface area contributed by atoms with Crippen LogP contribution in [0.4, 0.5) is 10.5 Å². The Morgan fingerprint density at radius 2 is 1.83 bits per heavy atom. The highest BCUT2D eigenvalue weighted by atomic mass is 35.5. The van der Waals surface area contributed by atoms with Crippen molar-refractivity contribution in [2.75, 3.05) is 57.5 Å². The van der Waals surface area contributed by atoms with Gasteiger partial charge >= 0.3 is 6.09 Å². The summed E-state index contributed by atoms with van der Waals surface area (Å²) in [6, 6.07) is 9.98. The fourth-order valence-electron chi connectivity index (χ4n) is 6.28. The first kappa shape index (κ1) is 34.3. The van der Waals surface area contributed by atoms with Crippen LogP contribution in [0.15, 0.2) is 53.4 Å². The molecule has 0 aromatic heterocycles. The van der Waals surface area contributed by atoms with Gasteiger partial charge in [0.15, 0.2) is 0 Å². The fraction of sp³-hybridized carbons (Fsp3) is 0.529. The summed E-state index contributed by atoms with van der Waals surface area (Å²) < 4.78 is 59.1. The van der Waals surface area contributed by atoms with Gasteiger partial charge in [-0.25, -0.2) is 17.9 Å². The van der Waals surface area contributed by atoms with Crippen molar-refractivity contribution in [2.45, 2.75) is 56.3 Å². The van der Waals surface area contributed by atoms with Gasteiger partial charge in [0.2, 0.25) is 0 Å². The van der Waals surface area contributed by atoms with Gasteiger partial charge in [-0.2, -0.15) is 0 Å². The second-order valence-electron chi connectivity index (χ2n) is 13.0. The maximum absolute atomic E-state index is 13.6. The van der Waals surface area contributed by atoms with Crippen LogP contribution in [0.1, 0.15) is 38.7 Å². The predicted octanol–water partition coefficient (Wildman–Crippen LogP) is 4.54. The number of carbonyl (C=O) groups excluding carboxylic acids is 2. The summed E-state index contributed by atoms with van der Waals surface area (Å²) >= 11 is 6.26. The van der Waals surface area contributed by atoms with Crippen LogP contribution in [-0.4, -0.2) is 89.6 Å². The number of anilines is 1. The largest absolute Gasteiger partial charge is 0.493 e. The molecule has 12 nitrogen and oxygen atoms in total. The van der Waals surface area contributed by atoms with Gasteiger partial charge in [0, 0.05) is 42.7 Å². The van der Waals surface area contributed by atoms with Gasteiger partial charge in [0.25, 0.3) is 15.9 Å². The van der Waals surface area contributed by atoms with Crippen molar-refractivity contribution in [2.24, 2.45) is 11.8 Å². The van der Waals surface area contributed by atoms with Crippen molar-refractivity contribution in [3.63, 3.8) is 0 Å². The van der Waals surface area contributed by atoms with E-state index in [1.165, 1.54) is 19.9 Å². The van der Waals surface area contributed by atoms with E-state index in [-0.39, 0.29) is 29.9 Å². The lowest BCUT2D eigenvalue weighted by atomic mass is 9.70. The van der Waals surface area contributed by atoms with Crippen LogP contribution in [0.5, 0.6) is 11.5 Å². The normalized spacial score (nSPS) is 26.5. The first-order valence-electron chi connectivity index (χ1n) is 16.3. The van der Waals surface area contributed by atoms with E-state index in [1.807, 2.05) is 12.1 Å². The molecule has 1 aliphatic carbocycles. The zero-order valence-corrected chi connectivity index (χ0v) is 28.8. The number of hydrogen-bond donors (Lipinski definition) is 1. The number of benzene rings is 2. The van der Waals surface area contributed by atoms with E-state index in [0.29, 0.717) is 74.6 Å². The first-order chi connectivity index (χ1) is 23.0. The van der Waals surface area contributed by atoms with Crippen molar-refractivity contribution >= 4 is 39.3 Å². The summed E-state index contributed by atoms with van der Waals surface area (Å²) in [5, 5.41) is 0.550. The third kappa shape index (κ3) is 7.85. The Hall–Kier alpha value is -3.52. The minimum atomic E-state index is -4.26. The monoisotopic (exact) mass is 703 g/mol. The Bertz CT molecular complexity index is 1640. The summed E-state index contributed by atoms with van der Waals surface area (Å²) in [5.74, 6) is 0.434. The molecule has 0 unspecified atom stereocenters. The number of amides is 2. The van der Waals surface area contributed by atoms with Crippen LogP contribution in [0.3, 0.4) is 0 Å². The van der Waals surface area contributed by atoms with E-state index in [2.05, 4.69) is 9.62 Å². The molecule has 3 aliphatic heterocycles. The predicted molar refractivity (Wildman–Crippen MR) is 178 cm³/mol. The number of carbonyl (C=O) groups is 2. The van der Waals surface area contributed by atoms with Crippen LogP contribution in [0.2, 0.25) is 5.02 Å². The van der Waals surface area contributed by atoms with Crippen molar-refractivity contribution in [3.8, 4) is 11.5 Å².